The molecule has 0 fully saturated rings. The topological polar surface area (TPSA) is 68.5 Å². The number of pyridine rings is 1. The zero-order chi connectivity index (χ0) is 14.6. The Hall–Kier alpha value is -2.52. The predicted molar refractivity (Wildman–Crippen MR) is 80.2 cm³/mol. The van der Waals surface area contributed by atoms with E-state index in [0.717, 1.165) is 6.20 Å². The molecule has 1 N–H and O–H groups in total. The minimum atomic E-state index is -1.41. The van der Waals surface area contributed by atoms with Crippen LogP contribution in [0.15, 0.2) is 17.1 Å². The molecule has 23 heavy (non-hydrogen) atoms. The van der Waals surface area contributed by atoms with Crippen LogP contribution < -0.4 is 10.2 Å². The molecule has 0 amide bonds. The molecule has 0 saturated carbocycles. The first-order valence-electron chi connectivity index (χ1n) is 5.84. The van der Waals surface area contributed by atoms with Crippen molar-refractivity contribution in [3.05, 3.63) is 39.7 Å². The summed E-state index contributed by atoms with van der Waals surface area (Å²) < 4.78 is 33.8. The summed E-state index contributed by atoms with van der Waals surface area (Å²) in [6, 6.07) is 0.412. The Bertz CT molecular complexity index is 824. The van der Waals surface area contributed by atoms with E-state index in [-0.39, 0.29) is 47.1 Å². The molecular formula is C13H14BF4NO4. The molecule has 0 aliphatic carbocycles. The van der Waals surface area contributed by atoms with Crippen LogP contribution in [-0.2, 0) is 0 Å². The van der Waals surface area contributed by atoms with E-state index in [1.54, 1.807) is 6.92 Å². The minimum Gasteiger partial charge on any atom is -0.486 e. The van der Waals surface area contributed by atoms with Gasteiger partial charge >= 0.3 is 5.97 Å². The number of carboxylic acid groups (broad SMARTS) is 1. The van der Waals surface area contributed by atoms with Crippen molar-refractivity contribution in [1.82, 2.24) is 4.57 Å². The monoisotopic (exact) mass is 335 g/mol. The van der Waals surface area contributed by atoms with Crippen LogP contribution in [0.1, 0.15) is 23.3 Å². The third-order valence-electron chi connectivity index (χ3n) is 3.34. The first kappa shape index (κ1) is 20.5. The number of hydrogen-bond donors (Lipinski definition) is 1. The fraction of sp³-hybridized carbons (Fsp3) is 0.231. The van der Waals surface area contributed by atoms with E-state index in [2.05, 4.69) is 0 Å². The summed E-state index contributed by atoms with van der Waals surface area (Å²) >= 11 is 0. The second-order valence-corrected chi connectivity index (χ2v) is 4.64. The number of rotatable bonds is 1. The highest BCUT2D eigenvalue weighted by Crippen LogP contribution is 2.35. The maximum absolute atomic E-state index is 13.7. The molecule has 3 rings (SSSR count). The summed E-state index contributed by atoms with van der Waals surface area (Å²) in [5.74, 6) is -4.19. The molecule has 1 aromatic carbocycles. The van der Waals surface area contributed by atoms with Crippen molar-refractivity contribution in [2.75, 3.05) is 6.61 Å². The highest BCUT2D eigenvalue weighted by Gasteiger charge is 2.27. The van der Waals surface area contributed by atoms with E-state index in [9.17, 15) is 18.4 Å². The van der Waals surface area contributed by atoms with Crippen LogP contribution in [0.5, 0.6) is 5.75 Å². The SMILES string of the molecule is B.C[C@H]1COc2c(F)c(F)cc3c(=O)c(C(=O)O)cn1c23.F.F. The van der Waals surface area contributed by atoms with Crippen LogP contribution >= 0.6 is 0 Å². The molecule has 1 aliphatic heterocycles. The van der Waals surface area contributed by atoms with Gasteiger partial charge in [0.25, 0.3) is 0 Å². The van der Waals surface area contributed by atoms with Crippen molar-refractivity contribution >= 4 is 25.3 Å². The summed E-state index contributed by atoms with van der Waals surface area (Å²) in [6.45, 7) is 1.78. The van der Waals surface area contributed by atoms with Gasteiger partial charge in [-0.25, -0.2) is 9.18 Å². The Kier molecular flexibility index (Phi) is 5.98. The second kappa shape index (κ2) is 6.72. The third kappa shape index (κ3) is 2.76. The molecule has 1 atom stereocenters. The number of aromatic carboxylic acids is 1. The van der Waals surface area contributed by atoms with Crippen LogP contribution in [0.4, 0.5) is 18.2 Å². The van der Waals surface area contributed by atoms with Gasteiger partial charge in [-0.15, -0.1) is 0 Å². The van der Waals surface area contributed by atoms with Gasteiger partial charge in [-0.2, -0.15) is 4.39 Å². The molecule has 1 aromatic heterocycles. The molecule has 0 radical (unpaired) electrons. The average Bonchev–Trinajstić information content (AvgIpc) is 2.39. The quantitative estimate of drug-likeness (QED) is 0.625. The van der Waals surface area contributed by atoms with Crippen LogP contribution in [0, 0.1) is 11.6 Å². The van der Waals surface area contributed by atoms with Gasteiger partial charge in [-0.1, -0.05) is 0 Å². The first-order valence-corrected chi connectivity index (χ1v) is 5.84. The van der Waals surface area contributed by atoms with Crippen molar-refractivity contribution in [3.63, 3.8) is 0 Å². The molecule has 5 nitrogen and oxygen atoms in total. The fourth-order valence-corrected chi connectivity index (χ4v) is 2.35. The Balaban J connectivity index is 0.00000161. The number of carbonyl (C=O) groups is 1. The van der Waals surface area contributed by atoms with E-state index in [4.69, 9.17) is 9.84 Å². The smallest absolute Gasteiger partial charge is 0.341 e. The number of benzene rings is 1. The van der Waals surface area contributed by atoms with Gasteiger partial charge in [0, 0.05) is 6.20 Å². The molecule has 2 heterocycles. The normalized spacial score (nSPS) is 14.8. The van der Waals surface area contributed by atoms with Gasteiger partial charge in [-0.3, -0.25) is 14.2 Å². The summed E-state index contributed by atoms with van der Waals surface area (Å²) in [7, 11) is 0. The van der Waals surface area contributed by atoms with Crippen molar-refractivity contribution < 1.29 is 32.8 Å². The highest BCUT2D eigenvalue weighted by atomic mass is 19.2. The lowest BCUT2D eigenvalue weighted by Gasteiger charge is -2.27. The maximum atomic E-state index is 13.7. The number of carboxylic acids is 1. The van der Waals surface area contributed by atoms with Gasteiger partial charge in [0.1, 0.15) is 12.2 Å². The molecule has 2 aromatic rings. The van der Waals surface area contributed by atoms with E-state index in [1.807, 2.05) is 0 Å². The highest BCUT2D eigenvalue weighted by molar-refractivity contribution is 5.94. The second-order valence-electron chi connectivity index (χ2n) is 4.64. The van der Waals surface area contributed by atoms with Crippen LogP contribution in [0.3, 0.4) is 0 Å². The molecule has 1 aliphatic rings. The predicted octanol–water partition coefficient (Wildman–Crippen LogP) is 1.05. The number of ether oxygens (including phenoxy) is 1. The van der Waals surface area contributed by atoms with E-state index in [1.165, 1.54) is 4.57 Å². The molecule has 0 saturated heterocycles. The van der Waals surface area contributed by atoms with E-state index in [0.29, 0.717) is 6.07 Å². The number of hydrogen-bond acceptors (Lipinski definition) is 3. The van der Waals surface area contributed by atoms with Crippen molar-refractivity contribution in [3.8, 4) is 5.75 Å². The van der Waals surface area contributed by atoms with Gasteiger partial charge in [-0.05, 0) is 13.0 Å². The molecule has 10 heteroatoms. The lowest BCUT2D eigenvalue weighted by atomic mass is 10.1. The zero-order valence-corrected chi connectivity index (χ0v) is 11.1. The van der Waals surface area contributed by atoms with Gasteiger partial charge in [0.2, 0.25) is 11.2 Å². The Morgan fingerprint density at radius 3 is 2.57 bits per heavy atom. The largest absolute Gasteiger partial charge is 0.486 e. The van der Waals surface area contributed by atoms with Crippen molar-refractivity contribution in [1.29, 1.82) is 0 Å². The van der Waals surface area contributed by atoms with Gasteiger partial charge < -0.3 is 14.4 Å². The molecule has 126 valence electrons. The summed E-state index contributed by atoms with van der Waals surface area (Å²) in [6.07, 6.45) is 1.14. The standard InChI is InChI=1S/C13H9F2NO4.BH3.2FH/c1-5-4-20-12-9(15)8(14)2-6-10(12)16(5)3-7(11(6)17)13(18)19;;;/h2-3,5H,4H2,1H3,(H,18,19);1H3;2*1H/t5-;;;/m0.../s1. The summed E-state index contributed by atoms with van der Waals surface area (Å²) in [5.41, 5.74) is -1.26. The average molecular weight is 335 g/mol. The fourth-order valence-electron chi connectivity index (χ4n) is 2.35. The Morgan fingerprint density at radius 1 is 1.39 bits per heavy atom. The minimum absolute atomic E-state index is 0. The van der Waals surface area contributed by atoms with Gasteiger partial charge in [0.15, 0.2) is 11.6 Å². The van der Waals surface area contributed by atoms with Gasteiger partial charge in [0.05, 0.1) is 25.4 Å². The molecule has 0 unspecified atom stereocenters. The molecule has 0 bridgehead atoms. The molecular weight excluding hydrogens is 321 g/mol. The van der Waals surface area contributed by atoms with Crippen LogP contribution in [0.2, 0.25) is 0 Å². The number of aromatic nitrogens is 1. The summed E-state index contributed by atoms with van der Waals surface area (Å²) in [4.78, 5) is 23.1. The lowest BCUT2D eigenvalue weighted by molar-refractivity contribution is 0.0694. The summed E-state index contributed by atoms with van der Waals surface area (Å²) in [5, 5.41) is 8.83. The number of nitrogens with zero attached hydrogens (tertiary/aromatic N) is 1. The van der Waals surface area contributed by atoms with Crippen molar-refractivity contribution in [2.24, 2.45) is 0 Å². The van der Waals surface area contributed by atoms with Crippen molar-refractivity contribution in [2.45, 2.75) is 13.0 Å². The Labute approximate surface area is 128 Å². The van der Waals surface area contributed by atoms with E-state index >= 15 is 0 Å². The lowest BCUT2D eigenvalue weighted by Crippen LogP contribution is -2.27. The van der Waals surface area contributed by atoms with Crippen LogP contribution in [0.25, 0.3) is 10.9 Å². The molecule has 0 spiro atoms. The van der Waals surface area contributed by atoms with Crippen LogP contribution in [-0.4, -0.2) is 30.7 Å². The maximum Gasteiger partial charge on any atom is 0.341 e. The number of halogens is 4. The van der Waals surface area contributed by atoms with E-state index < -0.39 is 28.6 Å². The first-order chi connectivity index (χ1) is 9.41. The Morgan fingerprint density at radius 2 is 2.00 bits per heavy atom. The third-order valence-corrected chi connectivity index (χ3v) is 3.34. The zero-order valence-electron chi connectivity index (χ0n) is 11.1.